The quantitative estimate of drug-likeness (QED) is 0.494. The zero-order valence-corrected chi connectivity index (χ0v) is 18.3. The average Bonchev–Trinajstić information content (AvgIpc) is 2.64. The van der Waals surface area contributed by atoms with Gasteiger partial charge in [0, 0.05) is 6.26 Å². The highest BCUT2D eigenvalue weighted by Gasteiger charge is 2.15. The molecule has 0 heterocycles. The molecule has 0 spiro atoms. The van der Waals surface area contributed by atoms with Crippen molar-refractivity contribution in [3.63, 3.8) is 0 Å². The summed E-state index contributed by atoms with van der Waals surface area (Å²) in [5, 5.41) is 2.90. The van der Waals surface area contributed by atoms with Crippen LogP contribution in [0.25, 0.3) is 0 Å². The fourth-order valence-electron chi connectivity index (χ4n) is 2.65. The first-order valence-corrected chi connectivity index (χ1v) is 12.0. The van der Waals surface area contributed by atoms with E-state index in [1.165, 1.54) is 6.26 Å². The summed E-state index contributed by atoms with van der Waals surface area (Å²) in [4.78, 5) is 29.0. The molecule has 2 aromatic rings. The molecule has 0 saturated heterocycles. The Labute approximate surface area is 167 Å². The van der Waals surface area contributed by atoms with Crippen LogP contribution in [-0.4, -0.2) is 26.6 Å². The highest BCUT2D eigenvalue weighted by molar-refractivity contribution is 7.84. The van der Waals surface area contributed by atoms with E-state index in [0.29, 0.717) is 17.1 Å². The van der Waals surface area contributed by atoms with Crippen molar-refractivity contribution < 1.29 is 23.3 Å². The lowest BCUT2D eigenvalue weighted by Gasteiger charge is -2.14. The van der Waals surface area contributed by atoms with Crippen molar-refractivity contribution in [2.45, 2.75) is 39.0 Å². The van der Waals surface area contributed by atoms with Crippen LogP contribution < -0.4 is 4.74 Å². The fraction of sp³-hybridized carbons (Fsp3) is 0.368. The van der Waals surface area contributed by atoms with Gasteiger partial charge in [-0.1, -0.05) is 19.9 Å². The second kappa shape index (κ2) is 10.6. The number of hydrogen-bond acceptors (Lipinski definition) is 5. The van der Waals surface area contributed by atoms with E-state index in [1.807, 2.05) is 27.7 Å². The van der Waals surface area contributed by atoms with Gasteiger partial charge in [-0.3, -0.25) is 8.77 Å². The van der Waals surface area contributed by atoms with Crippen molar-refractivity contribution in [1.29, 1.82) is 0 Å². The van der Waals surface area contributed by atoms with E-state index < -0.39 is 24.7 Å². The van der Waals surface area contributed by atoms with Gasteiger partial charge in [0.25, 0.3) is 0 Å². The van der Waals surface area contributed by atoms with Crippen molar-refractivity contribution in [2.24, 2.45) is 5.18 Å². The first-order valence-electron chi connectivity index (χ1n) is 8.68. The van der Waals surface area contributed by atoms with Gasteiger partial charge in [-0.05, 0) is 72.0 Å². The van der Waals surface area contributed by atoms with Crippen LogP contribution in [0.1, 0.15) is 36.1 Å². The Hall–Kier alpha value is -1.86. The summed E-state index contributed by atoms with van der Waals surface area (Å²) < 4.78 is 27.9. The molecule has 0 aromatic heterocycles. The SMILES string of the molecule is CC.Cc1cc(OCP(=O)(O)O)cc(C)c1Cc1ccc(N=O)c(S(C)=O)c1. The Morgan fingerprint density at radius 1 is 1.11 bits per heavy atom. The largest absolute Gasteiger partial charge is 0.481 e. The topological polar surface area (TPSA) is 113 Å². The van der Waals surface area contributed by atoms with Crippen molar-refractivity contribution in [3.05, 3.63) is 57.5 Å². The normalized spacial score (nSPS) is 12.0. The van der Waals surface area contributed by atoms with Crippen LogP contribution in [-0.2, 0) is 21.8 Å². The summed E-state index contributed by atoms with van der Waals surface area (Å²) in [7, 11) is -5.56. The Morgan fingerprint density at radius 2 is 1.68 bits per heavy atom. The Morgan fingerprint density at radius 3 is 2.14 bits per heavy atom. The molecule has 0 fully saturated rings. The molecule has 2 rings (SSSR count). The van der Waals surface area contributed by atoms with Crippen molar-refractivity contribution in [1.82, 2.24) is 0 Å². The molecular weight excluding hydrogens is 401 g/mol. The van der Waals surface area contributed by atoms with E-state index in [0.717, 1.165) is 22.3 Å². The minimum Gasteiger partial charge on any atom is -0.481 e. The van der Waals surface area contributed by atoms with Gasteiger partial charge < -0.3 is 14.5 Å². The average molecular weight is 427 g/mol. The predicted octanol–water partition coefficient (Wildman–Crippen LogP) is 4.57. The zero-order valence-electron chi connectivity index (χ0n) is 16.6. The third kappa shape index (κ3) is 6.95. The van der Waals surface area contributed by atoms with Gasteiger partial charge in [-0.15, -0.1) is 4.91 Å². The maximum Gasteiger partial charge on any atom is 0.362 e. The minimum atomic E-state index is -4.24. The van der Waals surface area contributed by atoms with Gasteiger partial charge in [0.15, 0.2) is 6.35 Å². The van der Waals surface area contributed by atoms with Crippen molar-refractivity contribution in [3.8, 4) is 5.75 Å². The maximum absolute atomic E-state index is 11.8. The van der Waals surface area contributed by atoms with Crippen molar-refractivity contribution in [2.75, 3.05) is 12.6 Å². The van der Waals surface area contributed by atoms with Gasteiger partial charge in [-0.25, -0.2) is 0 Å². The molecule has 0 aliphatic heterocycles. The van der Waals surface area contributed by atoms with Crippen LogP contribution >= 0.6 is 7.60 Å². The first kappa shape index (κ1) is 24.2. The first-order chi connectivity index (χ1) is 13.1. The molecule has 1 atom stereocenters. The summed E-state index contributed by atoms with van der Waals surface area (Å²) in [6, 6.07) is 8.48. The van der Waals surface area contributed by atoms with Crippen LogP contribution in [0.5, 0.6) is 5.75 Å². The summed E-state index contributed by atoms with van der Waals surface area (Å²) in [6.45, 7) is 7.76. The lowest BCUT2D eigenvalue weighted by molar-refractivity contribution is 0.300. The summed E-state index contributed by atoms with van der Waals surface area (Å²) in [5.74, 6) is 0.392. The molecule has 0 radical (unpaired) electrons. The number of rotatable bonds is 7. The molecule has 7 nitrogen and oxygen atoms in total. The molecule has 0 bridgehead atoms. The lowest BCUT2D eigenvalue weighted by Crippen LogP contribution is -2.02. The molecule has 0 aliphatic rings. The van der Waals surface area contributed by atoms with E-state index in [9.17, 15) is 13.7 Å². The molecule has 154 valence electrons. The molecule has 0 saturated carbocycles. The number of nitroso groups, excluding NO2 is 1. The van der Waals surface area contributed by atoms with Gasteiger partial charge in [0.1, 0.15) is 11.4 Å². The van der Waals surface area contributed by atoms with Crippen LogP contribution in [0.2, 0.25) is 0 Å². The van der Waals surface area contributed by atoms with Gasteiger partial charge in [0.2, 0.25) is 0 Å². The van der Waals surface area contributed by atoms with E-state index in [2.05, 4.69) is 5.18 Å². The molecule has 28 heavy (non-hydrogen) atoms. The number of nitrogens with zero attached hydrogens (tertiary/aromatic N) is 1. The highest BCUT2D eigenvalue weighted by Crippen LogP contribution is 2.35. The molecule has 2 aromatic carbocycles. The van der Waals surface area contributed by atoms with Crippen LogP contribution in [0.15, 0.2) is 40.4 Å². The summed E-state index contributed by atoms with van der Waals surface area (Å²) >= 11 is 0. The summed E-state index contributed by atoms with van der Waals surface area (Å²) in [6.07, 6.45) is 1.38. The van der Waals surface area contributed by atoms with Crippen LogP contribution in [0, 0.1) is 18.8 Å². The van der Waals surface area contributed by atoms with Gasteiger partial charge in [0.05, 0.1) is 15.7 Å². The smallest absolute Gasteiger partial charge is 0.362 e. The monoisotopic (exact) mass is 427 g/mol. The zero-order chi connectivity index (χ0) is 21.5. The third-order valence-corrected chi connectivity index (χ3v) is 5.29. The molecule has 0 amide bonds. The van der Waals surface area contributed by atoms with Crippen LogP contribution in [0.4, 0.5) is 5.69 Å². The lowest BCUT2D eigenvalue weighted by atomic mass is 9.95. The Balaban J connectivity index is 0.00000190. The Bertz CT molecular complexity index is 886. The number of hydrogen-bond donors (Lipinski definition) is 2. The Kier molecular flexibility index (Phi) is 9.17. The molecule has 9 heteroatoms. The molecule has 0 aliphatic carbocycles. The van der Waals surface area contributed by atoms with Gasteiger partial charge >= 0.3 is 7.60 Å². The second-order valence-corrected chi connectivity index (χ2v) is 8.93. The molecule has 1 unspecified atom stereocenters. The number of aryl methyl sites for hydroxylation is 2. The third-order valence-electron chi connectivity index (χ3n) is 3.88. The van der Waals surface area contributed by atoms with Crippen molar-refractivity contribution >= 4 is 24.1 Å². The van der Waals surface area contributed by atoms with E-state index in [1.54, 1.807) is 30.3 Å². The van der Waals surface area contributed by atoms with Gasteiger partial charge in [-0.2, -0.15) is 0 Å². The highest BCUT2D eigenvalue weighted by atomic mass is 32.2. The van der Waals surface area contributed by atoms with E-state index >= 15 is 0 Å². The number of ether oxygens (including phenoxy) is 1. The second-order valence-electron chi connectivity index (χ2n) is 6.00. The number of benzene rings is 2. The summed E-state index contributed by atoms with van der Waals surface area (Å²) in [5.41, 5.74) is 3.89. The maximum atomic E-state index is 11.8. The molecular formula is C19H26NO6PS. The van der Waals surface area contributed by atoms with Crippen LogP contribution in [0.3, 0.4) is 0 Å². The minimum absolute atomic E-state index is 0.171. The molecule has 2 N–H and O–H groups in total. The predicted molar refractivity (Wildman–Crippen MR) is 112 cm³/mol. The van der Waals surface area contributed by atoms with E-state index in [-0.39, 0.29) is 5.69 Å². The fourth-order valence-corrected chi connectivity index (χ4v) is 3.69. The van der Waals surface area contributed by atoms with E-state index in [4.69, 9.17) is 14.5 Å². The standard InChI is InChI=1S/C17H20NO6PS.C2H6/c1-11-6-14(24-10-25(20,21)22)7-12(2)15(11)8-13-4-5-16(18-19)17(9-13)26(3)23;1-2/h4-7,9H,8,10H2,1-3H3,(H2,20,21,22);1-2H3.